The highest BCUT2D eigenvalue weighted by molar-refractivity contribution is 5.98. The van der Waals surface area contributed by atoms with Gasteiger partial charge in [-0.05, 0) is 71.8 Å². The maximum absolute atomic E-state index is 14.1. The summed E-state index contributed by atoms with van der Waals surface area (Å²) in [6, 6.07) is 5.35. The minimum absolute atomic E-state index is 0.111. The summed E-state index contributed by atoms with van der Waals surface area (Å²) in [7, 11) is 3.04. The third kappa shape index (κ3) is 11.5. The molecule has 4 N–H and O–H groups in total. The number of hydrogen-bond donors (Lipinski definition) is 4. The van der Waals surface area contributed by atoms with E-state index in [4.69, 9.17) is 9.47 Å². The highest BCUT2D eigenvalue weighted by Crippen LogP contribution is 2.28. The van der Waals surface area contributed by atoms with E-state index in [1.807, 2.05) is 30.3 Å². The summed E-state index contributed by atoms with van der Waals surface area (Å²) in [6.45, 7) is 8.52. The molecule has 15 nitrogen and oxygen atoms in total. The molecule has 2 aliphatic rings. The Morgan fingerprint density at radius 3 is 2.17 bits per heavy atom. The van der Waals surface area contributed by atoms with E-state index in [1.165, 1.54) is 12.0 Å². The molecule has 0 radical (unpaired) electrons. The molecule has 2 aromatic rings. The highest BCUT2D eigenvalue weighted by atomic mass is 16.6. The Morgan fingerprint density at radius 2 is 1.56 bits per heavy atom. The molecular formula is C39H57N7O8. The molecule has 2 fully saturated rings. The third-order valence-electron chi connectivity index (χ3n) is 9.94. The topological polar surface area (TPSA) is 190 Å². The van der Waals surface area contributed by atoms with Crippen molar-refractivity contribution in [2.24, 2.45) is 13.0 Å². The maximum atomic E-state index is 14.1. The molecule has 1 aliphatic heterocycles. The van der Waals surface area contributed by atoms with Crippen molar-refractivity contribution in [2.75, 3.05) is 13.7 Å². The molecule has 4 atom stereocenters. The van der Waals surface area contributed by atoms with Crippen LogP contribution in [-0.4, -0.2) is 99.1 Å². The van der Waals surface area contributed by atoms with Crippen molar-refractivity contribution in [3.05, 3.63) is 54.1 Å². The Morgan fingerprint density at radius 1 is 0.870 bits per heavy atom. The smallest absolute Gasteiger partial charge is 0.408 e. The van der Waals surface area contributed by atoms with Gasteiger partial charge in [0.25, 0.3) is 0 Å². The second kappa shape index (κ2) is 18.4. The largest absolute Gasteiger partial charge is 0.467 e. The number of imidazole rings is 1. The van der Waals surface area contributed by atoms with Crippen molar-refractivity contribution < 1.29 is 38.2 Å². The van der Waals surface area contributed by atoms with E-state index in [-0.39, 0.29) is 25.3 Å². The fraction of sp³-hybridized carbons (Fsp3) is 0.615. The lowest BCUT2D eigenvalue weighted by Crippen LogP contribution is -2.63. The molecule has 1 aromatic heterocycles. The van der Waals surface area contributed by atoms with E-state index >= 15 is 0 Å². The second-order valence-corrected chi connectivity index (χ2v) is 15.8. The number of alkyl carbamates (subject to hydrolysis) is 1. The fourth-order valence-corrected chi connectivity index (χ4v) is 7.03. The molecule has 4 rings (SSSR count). The van der Waals surface area contributed by atoms with Crippen LogP contribution in [-0.2, 0) is 53.3 Å². The van der Waals surface area contributed by atoms with E-state index in [9.17, 15) is 28.8 Å². The number of benzene rings is 1. The number of carbonyl (C=O) groups is 6. The molecule has 15 heteroatoms. The predicted molar refractivity (Wildman–Crippen MR) is 200 cm³/mol. The van der Waals surface area contributed by atoms with Crippen LogP contribution in [0, 0.1) is 5.92 Å². The van der Waals surface area contributed by atoms with E-state index in [2.05, 4.69) is 26.3 Å². The van der Waals surface area contributed by atoms with E-state index in [1.54, 1.807) is 58.8 Å². The van der Waals surface area contributed by atoms with Crippen molar-refractivity contribution in [2.45, 2.75) is 128 Å². The normalized spacial score (nSPS) is 18.1. The van der Waals surface area contributed by atoms with E-state index < -0.39 is 71.0 Å². The second-order valence-electron chi connectivity index (χ2n) is 15.8. The van der Waals surface area contributed by atoms with Crippen LogP contribution in [0.3, 0.4) is 0 Å². The van der Waals surface area contributed by atoms with Gasteiger partial charge >= 0.3 is 12.1 Å². The molecule has 2 heterocycles. The maximum Gasteiger partial charge on any atom is 0.408 e. The van der Waals surface area contributed by atoms with Crippen LogP contribution in [0.25, 0.3) is 0 Å². The van der Waals surface area contributed by atoms with Crippen LogP contribution in [0.5, 0.6) is 0 Å². The minimum Gasteiger partial charge on any atom is -0.467 e. The zero-order valence-corrected chi connectivity index (χ0v) is 32.6. The van der Waals surface area contributed by atoms with Gasteiger partial charge in [0.15, 0.2) is 0 Å². The van der Waals surface area contributed by atoms with Crippen LogP contribution in [0.1, 0.15) is 90.8 Å². The number of ether oxygens (including phenoxy) is 2. The van der Waals surface area contributed by atoms with E-state index in [0.29, 0.717) is 31.4 Å². The number of hydrogen-bond acceptors (Lipinski definition) is 9. The van der Waals surface area contributed by atoms with Crippen molar-refractivity contribution in [1.82, 2.24) is 35.7 Å². The SMILES string of the molecule is COC(=O)[C@H](Cc1ccccc1)NC(=O)[C@@H](NC(=O)C(C)(C)NC(=O)[C@H]1CCCN1C(=O)[C@H](Cc1cncn1C)NC(=O)OC(C)(C)C)C1CCCCC1. The number of aryl methyl sites for hydroxylation is 1. The van der Waals surface area contributed by atoms with Crippen LogP contribution in [0.4, 0.5) is 4.79 Å². The number of aromatic nitrogens is 2. The molecule has 296 valence electrons. The molecule has 1 aromatic carbocycles. The number of methoxy groups -OCH3 is 1. The molecule has 0 bridgehead atoms. The Balaban J connectivity index is 1.48. The monoisotopic (exact) mass is 751 g/mol. The van der Waals surface area contributed by atoms with E-state index in [0.717, 1.165) is 24.8 Å². The minimum atomic E-state index is -1.49. The van der Waals surface area contributed by atoms with Gasteiger partial charge in [-0.3, -0.25) is 19.2 Å². The summed E-state index contributed by atoms with van der Waals surface area (Å²) in [5.74, 6) is -2.88. The zero-order valence-electron chi connectivity index (χ0n) is 32.6. The van der Waals surface area contributed by atoms with Crippen molar-refractivity contribution in [3.8, 4) is 0 Å². The van der Waals surface area contributed by atoms with Crippen LogP contribution < -0.4 is 21.3 Å². The summed E-state index contributed by atoms with van der Waals surface area (Å²) in [4.78, 5) is 87.0. The summed E-state index contributed by atoms with van der Waals surface area (Å²) in [5, 5.41) is 11.2. The van der Waals surface area contributed by atoms with Gasteiger partial charge < -0.3 is 40.2 Å². The number of nitrogens with zero attached hydrogens (tertiary/aromatic N) is 3. The Hall–Kier alpha value is -4.95. The molecule has 5 amide bonds. The van der Waals surface area contributed by atoms with Crippen molar-refractivity contribution in [3.63, 3.8) is 0 Å². The fourth-order valence-electron chi connectivity index (χ4n) is 7.03. The van der Waals surface area contributed by atoms with Gasteiger partial charge in [-0.2, -0.15) is 0 Å². The number of carbonyl (C=O) groups excluding carboxylic acids is 6. The first-order chi connectivity index (χ1) is 25.5. The van der Waals surface area contributed by atoms with Gasteiger partial charge in [-0.1, -0.05) is 49.6 Å². The molecular weight excluding hydrogens is 694 g/mol. The van der Waals surface area contributed by atoms with Gasteiger partial charge in [0, 0.05) is 38.3 Å². The summed E-state index contributed by atoms with van der Waals surface area (Å²) >= 11 is 0. The summed E-state index contributed by atoms with van der Waals surface area (Å²) < 4.78 is 12.2. The highest BCUT2D eigenvalue weighted by Gasteiger charge is 2.43. The average Bonchev–Trinajstić information content (AvgIpc) is 3.78. The third-order valence-corrected chi connectivity index (χ3v) is 9.94. The summed E-state index contributed by atoms with van der Waals surface area (Å²) in [6.07, 6.45) is 7.86. The number of esters is 1. The Labute approximate surface area is 317 Å². The molecule has 0 unspecified atom stereocenters. The first kappa shape index (κ1) is 41.8. The van der Waals surface area contributed by atoms with Gasteiger partial charge in [0.05, 0.1) is 13.4 Å². The number of amides is 5. The Kier molecular flexibility index (Phi) is 14.2. The van der Waals surface area contributed by atoms with Crippen LogP contribution in [0.2, 0.25) is 0 Å². The lowest BCUT2D eigenvalue weighted by Gasteiger charge is -2.35. The van der Waals surface area contributed by atoms with Gasteiger partial charge in [-0.15, -0.1) is 0 Å². The quantitative estimate of drug-likeness (QED) is 0.210. The molecule has 0 spiro atoms. The lowest BCUT2D eigenvalue weighted by molar-refractivity contribution is -0.146. The van der Waals surface area contributed by atoms with Crippen LogP contribution in [0.15, 0.2) is 42.9 Å². The molecule has 54 heavy (non-hydrogen) atoms. The van der Waals surface area contributed by atoms with Crippen molar-refractivity contribution in [1.29, 1.82) is 0 Å². The predicted octanol–water partition coefficient (Wildman–Crippen LogP) is 2.71. The first-order valence-corrected chi connectivity index (χ1v) is 18.8. The summed E-state index contributed by atoms with van der Waals surface area (Å²) in [5.41, 5.74) is -0.763. The zero-order chi connectivity index (χ0) is 39.6. The molecule has 1 saturated carbocycles. The number of likely N-dealkylation sites (tertiary alicyclic amines) is 1. The Bertz CT molecular complexity index is 1630. The van der Waals surface area contributed by atoms with Gasteiger partial charge in [0.1, 0.15) is 35.3 Å². The number of nitrogens with one attached hydrogen (secondary N) is 4. The lowest BCUT2D eigenvalue weighted by atomic mass is 9.83. The first-order valence-electron chi connectivity index (χ1n) is 18.8. The van der Waals surface area contributed by atoms with Gasteiger partial charge in [-0.25, -0.2) is 14.6 Å². The van der Waals surface area contributed by atoms with Gasteiger partial charge in [0.2, 0.25) is 23.6 Å². The van der Waals surface area contributed by atoms with Crippen molar-refractivity contribution >= 4 is 35.7 Å². The molecule has 1 aliphatic carbocycles. The standard InChI is InChI=1S/C39H57N7O8/c1-38(2,3)54-37(52)42-28(22-27-23-40-24-45(27)6)34(49)46-20-14-19-30(46)32(47)44-39(4,5)36(51)43-31(26-17-12-9-13-18-26)33(48)41-29(35(50)53-7)21-25-15-10-8-11-16-25/h8,10-11,15-16,23-24,26,28-31H,9,12-14,17-22H2,1-7H3,(H,41,48)(H,42,52)(H,43,51)(H,44,47)/t28-,29-,30+,31-/m0/s1. The van der Waals surface area contributed by atoms with Crippen LogP contribution >= 0.6 is 0 Å². The molecule has 1 saturated heterocycles. The average molecular weight is 752 g/mol. The number of rotatable bonds is 14.